The molecule has 1 aromatic rings. The van der Waals surface area contributed by atoms with Crippen LogP contribution < -0.4 is 4.72 Å². The van der Waals surface area contributed by atoms with Crippen molar-refractivity contribution in [2.45, 2.75) is 19.3 Å². The van der Waals surface area contributed by atoms with Crippen molar-refractivity contribution in [3.63, 3.8) is 0 Å². The molecule has 1 unspecified atom stereocenters. The SMILES string of the molecule is CCC(CN(C)C)c1ccc(NS(C)(=O)=O)cc1. The van der Waals surface area contributed by atoms with Gasteiger partial charge < -0.3 is 4.90 Å². The molecule has 0 radical (unpaired) electrons. The monoisotopic (exact) mass is 270 g/mol. The lowest BCUT2D eigenvalue weighted by atomic mass is 9.96. The highest BCUT2D eigenvalue weighted by Crippen LogP contribution is 2.22. The van der Waals surface area contributed by atoms with Crippen molar-refractivity contribution in [2.75, 3.05) is 31.6 Å². The second-order valence-electron chi connectivity index (χ2n) is 4.86. The number of anilines is 1. The molecule has 0 saturated carbocycles. The van der Waals surface area contributed by atoms with Gasteiger partial charge in [-0.3, -0.25) is 4.72 Å². The van der Waals surface area contributed by atoms with Gasteiger partial charge in [0.2, 0.25) is 10.0 Å². The first-order valence-electron chi connectivity index (χ1n) is 6.04. The Balaban J connectivity index is 2.81. The van der Waals surface area contributed by atoms with Gasteiger partial charge in [-0.1, -0.05) is 19.1 Å². The highest BCUT2D eigenvalue weighted by atomic mass is 32.2. The molecular formula is C13H22N2O2S. The molecule has 1 rings (SSSR count). The Morgan fingerprint density at radius 1 is 1.22 bits per heavy atom. The first-order chi connectivity index (χ1) is 8.31. The molecule has 1 aromatic carbocycles. The lowest BCUT2D eigenvalue weighted by Crippen LogP contribution is -2.20. The maximum Gasteiger partial charge on any atom is 0.229 e. The van der Waals surface area contributed by atoms with Crippen LogP contribution in [0.1, 0.15) is 24.8 Å². The van der Waals surface area contributed by atoms with Crippen LogP contribution in [0.25, 0.3) is 0 Å². The average Bonchev–Trinajstić information content (AvgIpc) is 2.24. The quantitative estimate of drug-likeness (QED) is 0.861. The Hall–Kier alpha value is -1.07. The first kappa shape index (κ1) is 15.0. The zero-order valence-electron chi connectivity index (χ0n) is 11.5. The molecular weight excluding hydrogens is 248 g/mol. The summed E-state index contributed by atoms with van der Waals surface area (Å²) in [6.07, 6.45) is 2.22. The summed E-state index contributed by atoms with van der Waals surface area (Å²) in [5.41, 5.74) is 1.85. The van der Waals surface area contributed by atoms with Crippen LogP contribution in [0.2, 0.25) is 0 Å². The molecule has 0 aliphatic heterocycles. The van der Waals surface area contributed by atoms with Gasteiger partial charge in [-0.2, -0.15) is 0 Å². The number of nitrogens with one attached hydrogen (secondary N) is 1. The van der Waals surface area contributed by atoms with E-state index < -0.39 is 10.0 Å². The topological polar surface area (TPSA) is 49.4 Å². The summed E-state index contributed by atoms with van der Waals surface area (Å²) in [4.78, 5) is 2.16. The van der Waals surface area contributed by atoms with Gasteiger partial charge >= 0.3 is 0 Å². The summed E-state index contributed by atoms with van der Waals surface area (Å²) in [5, 5.41) is 0. The minimum atomic E-state index is -3.19. The number of benzene rings is 1. The van der Waals surface area contributed by atoms with E-state index in [4.69, 9.17) is 0 Å². The molecule has 0 aliphatic rings. The molecule has 18 heavy (non-hydrogen) atoms. The summed E-state index contributed by atoms with van der Waals surface area (Å²) < 4.78 is 24.7. The van der Waals surface area contributed by atoms with Gasteiger partial charge in [0.05, 0.1) is 6.26 Å². The van der Waals surface area contributed by atoms with E-state index in [9.17, 15) is 8.42 Å². The zero-order valence-corrected chi connectivity index (χ0v) is 12.3. The summed E-state index contributed by atoms with van der Waals surface area (Å²) in [7, 11) is 0.922. The van der Waals surface area contributed by atoms with Crippen LogP contribution in [0.15, 0.2) is 24.3 Å². The Bertz CT molecular complexity index is 466. The van der Waals surface area contributed by atoms with Gasteiger partial charge in [-0.25, -0.2) is 8.42 Å². The second kappa shape index (κ2) is 6.20. The number of hydrogen-bond acceptors (Lipinski definition) is 3. The highest BCUT2D eigenvalue weighted by Gasteiger charge is 2.10. The van der Waals surface area contributed by atoms with E-state index in [1.54, 1.807) is 0 Å². The van der Waals surface area contributed by atoms with Crippen molar-refractivity contribution >= 4 is 15.7 Å². The first-order valence-corrected chi connectivity index (χ1v) is 7.93. The van der Waals surface area contributed by atoms with E-state index in [1.165, 1.54) is 5.56 Å². The van der Waals surface area contributed by atoms with Crippen molar-refractivity contribution in [3.8, 4) is 0 Å². The van der Waals surface area contributed by atoms with E-state index in [2.05, 4.69) is 30.6 Å². The maximum absolute atomic E-state index is 11.1. The Kier molecular flexibility index (Phi) is 5.16. The number of sulfonamides is 1. The van der Waals surface area contributed by atoms with E-state index in [1.807, 2.05) is 24.3 Å². The van der Waals surface area contributed by atoms with Gasteiger partial charge in [0.15, 0.2) is 0 Å². The third-order valence-corrected chi connectivity index (χ3v) is 3.37. The van der Waals surface area contributed by atoms with E-state index in [0.29, 0.717) is 11.6 Å². The Morgan fingerprint density at radius 3 is 2.17 bits per heavy atom. The summed E-state index contributed by atoms with van der Waals surface area (Å²) in [6, 6.07) is 7.61. The fourth-order valence-electron chi connectivity index (χ4n) is 1.95. The molecule has 0 aliphatic carbocycles. The average molecular weight is 270 g/mol. The summed E-state index contributed by atoms with van der Waals surface area (Å²) in [5.74, 6) is 0.479. The van der Waals surface area contributed by atoms with Crippen LogP contribution in [0.5, 0.6) is 0 Å². The lowest BCUT2D eigenvalue weighted by Gasteiger charge is -2.20. The standard InChI is InChI=1S/C13H22N2O2S/c1-5-11(10-15(2)3)12-6-8-13(9-7-12)14-18(4,16)17/h6-9,11,14H,5,10H2,1-4H3. The maximum atomic E-state index is 11.1. The minimum Gasteiger partial charge on any atom is -0.309 e. The molecule has 4 nitrogen and oxygen atoms in total. The van der Waals surface area contributed by atoms with Gasteiger partial charge in [0, 0.05) is 12.2 Å². The van der Waals surface area contributed by atoms with Gasteiger partial charge in [0.25, 0.3) is 0 Å². The van der Waals surface area contributed by atoms with Crippen LogP contribution in [0.4, 0.5) is 5.69 Å². The van der Waals surface area contributed by atoms with Gasteiger partial charge in [-0.05, 0) is 44.1 Å². The van der Waals surface area contributed by atoms with Crippen LogP contribution in [-0.2, 0) is 10.0 Å². The predicted molar refractivity (Wildman–Crippen MR) is 76.5 cm³/mol. The fourth-order valence-corrected chi connectivity index (χ4v) is 2.51. The molecule has 102 valence electrons. The van der Waals surface area contributed by atoms with Crippen LogP contribution in [0, 0.1) is 0 Å². The molecule has 0 saturated heterocycles. The lowest BCUT2D eigenvalue weighted by molar-refractivity contribution is 0.368. The van der Waals surface area contributed by atoms with Crippen molar-refractivity contribution in [2.24, 2.45) is 0 Å². The molecule has 0 aromatic heterocycles. The number of rotatable bonds is 6. The van der Waals surface area contributed by atoms with Crippen molar-refractivity contribution in [1.29, 1.82) is 0 Å². The number of hydrogen-bond donors (Lipinski definition) is 1. The summed E-state index contributed by atoms with van der Waals surface area (Å²) >= 11 is 0. The van der Waals surface area contributed by atoms with E-state index in [0.717, 1.165) is 19.2 Å². The molecule has 1 atom stereocenters. The molecule has 0 amide bonds. The van der Waals surface area contributed by atoms with Crippen LogP contribution in [-0.4, -0.2) is 40.2 Å². The molecule has 0 fully saturated rings. The van der Waals surface area contributed by atoms with Crippen LogP contribution >= 0.6 is 0 Å². The van der Waals surface area contributed by atoms with Crippen molar-refractivity contribution < 1.29 is 8.42 Å². The molecule has 1 N–H and O–H groups in total. The van der Waals surface area contributed by atoms with E-state index >= 15 is 0 Å². The second-order valence-corrected chi connectivity index (χ2v) is 6.61. The third kappa shape index (κ3) is 5.06. The van der Waals surface area contributed by atoms with Gasteiger partial charge in [-0.15, -0.1) is 0 Å². The number of nitrogens with zero attached hydrogens (tertiary/aromatic N) is 1. The fraction of sp³-hybridized carbons (Fsp3) is 0.538. The largest absolute Gasteiger partial charge is 0.309 e. The highest BCUT2D eigenvalue weighted by molar-refractivity contribution is 7.92. The molecule has 5 heteroatoms. The van der Waals surface area contributed by atoms with Crippen molar-refractivity contribution in [3.05, 3.63) is 29.8 Å². The Morgan fingerprint density at radius 2 is 1.78 bits per heavy atom. The number of likely N-dealkylation sites (N-methyl/N-ethyl adjacent to an activating group) is 1. The minimum absolute atomic E-state index is 0.479. The normalized spacial score (nSPS) is 13.6. The van der Waals surface area contributed by atoms with Crippen molar-refractivity contribution in [1.82, 2.24) is 4.90 Å². The molecule has 0 heterocycles. The van der Waals surface area contributed by atoms with Gasteiger partial charge in [0.1, 0.15) is 0 Å². The molecule has 0 bridgehead atoms. The smallest absolute Gasteiger partial charge is 0.229 e. The summed E-state index contributed by atoms with van der Waals surface area (Å²) in [6.45, 7) is 3.16. The van der Waals surface area contributed by atoms with E-state index in [-0.39, 0.29) is 0 Å². The third-order valence-electron chi connectivity index (χ3n) is 2.76. The Labute approximate surface area is 110 Å². The molecule has 0 spiro atoms. The predicted octanol–water partition coefficient (Wildman–Crippen LogP) is 2.11. The van der Waals surface area contributed by atoms with Crippen LogP contribution in [0.3, 0.4) is 0 Å². The zero-order chi connectivity index (χ0) is 13.8.